The second-order valence-electron chi connectivity index (χ2n) is 6.09. The van der Waals surface area contributed by atoms with Crippen molar-refractivity contribution in [3.63, 3.8) is 0 Å². The lowest BCUT2D eigenvalue weighted by Crippen LogP contribution is -2.37. The number of hydrogen-bond acceptors (Lipinski definition) is 6. The highest BCUT2D eigenvalue weighted by Gasteiger charge is 2.33. The van der Waals surface area contributed by atoms with Gasteiger partial charge in [-0.2, -0.15) is 4.31 Å². The number of hydrogen-bond donors (Lipinski definition) is 0. The standard InChI is InChI=1S/C16H16F2N4O3S/c17-13-2-1-12(7-14(13)18)26(23,24)22-9-11-8-19-16(20-15(11)10-22)21-3-5-25-6-4-21/h1-2,7-8H,3-6,9-10H2. The molecule has 0 N–H and O–H groups in total. The third kappa shape index (κ3) is 3.04. The summed E-state index contributed by atoms with van der Waals surface area (Å²) in [7, 11) is -3.96. The van der Waals surface area contributed by atoms with Crippen molar-refractivity contribution in [1.82, 2.24) is 14.3 Å². The van der Waals surface area contributed by atoms with Crippen molar-refractivity contribution in [2.24, 2.45) is 0 Å². The Kier molecular flexibility index (Phi) is 4.33. The molecule has 2 aliphatic rings. The Labute approximate surface area is 149 Å². The van der Waals surface area contributed by atoms with Gasteiger partial charge in [-0.1, -0.05) is 0 Å². The summed E-state index contributed by atoms with van der Waals surface area (Å²) in [5, 5.41) is 0. The third-order valence-electron chi connectivity index (χ3n) is 4.44. The van der Waals surface area contributed by atoms with Crippen LogP contribution in [0.5, 0.6) is 0 Å². The highest BCUT2D eigenvalue weighted by atomic mass is 32.2. The van der Waals surface area contributed by atoms with Crippen LogP contribution in [-0.2, 0) is 27.8 Å². The average molecular weight is 382 g/mol. The summed E-state index contributed by atoms with van der Waals surface area (Å²) in [4.78, 5) is 10.5. The number of anilines is 1. The van der Waals surface area contributed by atoms with Crippen LogP contribution >= 0.6 is 0 Å². The molecule has 0 aliphatic carbocycles. The lowest BCUT2D eigenvalue weighted by atomic mass is 10.3. The van der Waals surface area contributed by atoms with Gasteiger partial charge in [-0.05, 0) is 18.2 Å². The summed E-state index contributed by atoms with van der Waals surface area (Å²) in [6.07, 6.45) is 1.62. The van der Waals surface area contributed by atoms with E-state index in [4.69, 9.17) is 4.74 Å². The molecular weight excluding hydrogens is 366 g/mol. The Bertz CT molecular complexity index is 949. The van der Waals surface area contributed by atoms with Crippen molar-refractivity contribution >= 4 is 16.0 Å². The van der Waals surface area contributed by atoms with Gasteiger partial charge in [0.15, 0.2) is 11.6 Å². The predicted molar refractivity (Wildman–Crippen MR) is 87.9 cm³/mol. The molecule has 10 heteroatoms. The second kappa shape index (κ2) is 6.53. The first-order chi connectivity index (χ1) is 12.4. The maximum absolute atomic E-state index is 13.4. The molecule has 3 heterocycles. The molecule has 1 fully saturated rings. The van der Waals surface area contributed by atoms with E-state index >= 15 is 0 Å². The monoisotopic (exact) mass is 382 g/mol. The van der Waals surface area contributed by atoms with Crippen molar-refractivity contribution < 1.29 is 21.9 Å². The highest BCUT2D eigenvalue weighted by Crippen LogP contribution is 2.29. The lowest BCUT2D eigenvalue weighted by Gasteiger charge is -2.26. The third-order valence-corrected chi connectivity index (χ3v) is 6.22. The second-order valence-corrected chi connectivity index (χ2v) is 8.03. The van der Waals surface area contributed by atoms with E-state index in [1.807, 2.05) is 4.90 Å². The van der Waals surface area contributed by atoms with Crippen LogP contribution in [0, 0.1) is 11.6 Å². The molecule has 1 aromatic heterocycles. The SMILES string of the molecule is O=S(=O)(c1ccc(F)c(F)c1)N1Cc2cnc(N3CCOCC3)nc2C1. The van der Waals surface area contributed by atoms with Gasteiger partial charge in [-0.15, -0.1) is 0 Å². The molecule has 7 nitrogen and oxygen atoms in total. The molecule has 2 aliphatic heterocycles. The molecule has 1 aromatic carbocycles. The Morgan fingerprint density at radius 1 is 1.08 bits per heavy atom. The first-order valence-corrected chi connectivity index (χ1v) is 9.52. The first-order valence-electron chi connectivity index (χ1n) is 8.08. The summed E-state index contributed by atoms with van der Waals surface area (Å²) in [6, 6.07) is 2.56. The summed E-state index contributed by atoms with van der Waals surface area (Å²) >= 11 is 0. The Morgan fingerprint density at radius 2 is 1.85 bits per heavy atom. The van der Waals surface area contributed by atoms with Gasteiger partial charge < -0.3 is 9.64 Å². The molecule has 138 valence electrons. The fourth-order valence-corrected chi connectivity index (χ4v) is 4.38. The minimum Gasteiger partial charge on any atom is -0.378 e. The zero-order valence-corrected chi connectivity index (χ0v) is 14.5. The van der Waals surface area contributed by atoms with Crippen molar-refractivity contribution in [3.8, 4) is 0 Å². The molecule has 0 bridgehead atoms. The number of ether oxygens (including phenoxy) is 1. The number of sulfonamides is 1. The quantitative estimate of drug-likeness (QED) is 0.797. The van der Waals surface area contributed by atoms with E-state index in [0.717, 1.165) is 12.1 Å². The van der Waals surface area contributed by atoms with Crippen LogP contribution in [0.15, 0.2) is 29.3 Å². The molecule has 0 spiro atoms. The smallest absolute Gasteiger partial charge is 0.243 e. The molecule has 4 rings (SSSR count). The van der Waals surface area contributed by atoms with Crippen LogP contribution in [0.1, 0.15) is 11.3 Å². The van der Waals surface area contributed by atoms with Gasteiger partial charge in [-0.25, -0.2) is 27.2 Å². The summed E-state index contributed by atoms with van der Waals surface area (Å²) in [5.41, 5.74) is 1.32. The minimum absolute atomic E-state index is 0.0660. The fourth-order valence-electron chi connectivity index (χ4n) is 2.99. The molecule has 26 heavy (non-hydrogen) atoms. The molecule has 0 saturated carbocycles. The minimum atomic E-state index is -3.96. The van der Waals surface area contributed by atoms with Crippen molar-refractivity contribution in [2.45, 2.75) is 18.0 Å². The van der Waals surface area contributed by atoms with E-state index in [-0.39, 0.29) is 18.0 Å². The van der Waals surface area contributed by atoms with Crippen molar-refractivity contribution in [2.75, 3.05) is 31.2 Å². The molecule has 2 aromatic rings. The van der Waals surface area contributed by atoms with Crippen molar-refractivity contribution in [1.29, 1.82) is 0 Å². The van der Waals surface area contributed by atoms with E-state index in [1.54, 1.807) is 6.20 Å². The number of morpholine rings is 1. The molecule has 0 unspecified atom stereocenters. The van der Waals surface area contributed by atoms with E-state index in [0.29, 0.717) is 49.6 Å². The summed E-state index contributed by atoms with van der Waals surface area (Å²) < 4.78 is 58.4. The van der Waals surface area contributed by atoms with Gasteiger partial charge >= 0.3 is 0 Å². The van der Waals surface area contributed by atoms with Crippen LogP contribution in [-0.4, -0.2) is 49.0 Å². The number of fused-ring (bicyclic) bond motifs is 1. The normalized spacial score (nSPS) is 18.2. The van der Waals surface area contributed by atoms with Gasteiger partial charge in [-0.3, -0.25) is 0 Å². The Balaban J connectivity index is 1.58. The van der Waals surface area contributed by atoms with Crippen molar-refractivity contribution in [3.05, 3.63) is 47.3 Å². The van der Waals surface area contributed by atoms with E-state index in [1.165, 1.54) is 4.31 Å². The number of halogens is 2. The van der Waals surface area contributed by atoms with Gasteiger partial charge in [0.05, 0.1) is 30.3 Å². The van der Waals surface area contributed by atoms with Crippen LogP contribution in [0.25, 0.3) is 0 Å². The zero-order chi connectivity index (χ0) is 18.3. The predicted octanol–water partition coefficient (Wildman–Crippen LogP) is 1.30. The van der Waals surface area contributed by atoms with Gasteiger partial charge in [0, 0.05) is 31.4 Å². The molecule has 1 saturated heterocycles. The number of rotatable bonds is 3. The highest BCUT2D eigenvalue weighted by molar-refractivity contribution is 7.89. The van der Waals surface area contributed by atoms with Crippen LogP contribution in [0.2, 0.25) is 0 Å². The number of benzene rings is 1. The zero-order valence-electron chi connectivity index (χ0n) is 13.7. The van der Waals surface area contributed by atoms with Gasteiger partial charge in [0.25, 0.3) is 0 Å². The van der Waals surface area contributed by atoms with E-state index in [9.17, 15) is 17.2 Å². The summed E-state index contributed by atoms with van der Waals surface area (Å²) in [5.74, 6) is -1.74. The van der Waals surface area contributed by atoms with E-state index in [2.05, 4.69) is 9.97 Å². The van der Waals surface area contributed by atoms with Gasteiger partial charge in [0.2, 0.25) is 16.0 Å². The van der Waals surface area contributed by atoms with Crippen LogP contribution in [0.3, 0.4) is 0 Å². The molecular formula is C16H16F2N4O3S. The Hall–Kier alpha value is -2.17. The lowest BCUT2D eigenvalue weighted by molar-refractivity contribution is 0.122. The van der Waals surface area contributed by atoms with E-state index < -0.39 is 21.7 Å². The molecule has 0 amide bonds. The first kappa shape index (κ1) is 17.3. The summed E-state index contributed by atoms with van der Waals surface area (Å²) in [6.45, 7) is 2.70. The maximum atomic E-state index is 13.4. The Morgan fingerprint density at radius 3 is 2.58 bits per heavy atom. The number of aromatic nitrogens is 2. The largest absolute Gasteiger partial charge is 0.378 e. The number of nitrogens with zero attached hydrogens (tertiary/aromatic N) is 4. The average Bonchev–Trinajstić information content (AvgIpc) is 3.09. The maximum Gasteiger partial charge on any atom is 0.243 e. The van der Waals surface area contributed by atoms with Crippen LogP contribution in [0.4, 0.5) is 14.7 Å². The molecule has 0 radical (unpaired) electrons. The van der Waals surface area contributed by atoms with Crippen LogP contribution < -0.4 is 4.90 Å². The molecule has 0 atom stereocenters. The van der Waals surface area contributed by atoms with Gasteiger partial charge in [0.1, 0.15) is 0 Å². The topological polar surface area (TPSA) is 75.6 Å². The fraction of sp³-hybridized carbons (Fsp3) is 0.375.